The number of nitrogens with zero attached hydrogens (tertiary/aromatic N) is 1. The van der Waals surface area contributed by atoms with Crippen molar-refractivity contribution >= 4 is 11.9 Å². The molecule has 0 saturated carbocycles. The number of carbonyl (C=O) groups excluding carboxylic acids is 1. The summed E-state index contributed by atoms with van der Waals surface area (Å²) in [5, 5.41) is 9.36. The summed E-state index contributed by atoms with van der Waals surface area (Å²) in [6.07, 6.45) is 2.34. The minimum absolute atomic E-state index is 0.0423. The van der Waals surface area contributed by atoms with Crippen molar-refractivity contribution in [1.82, 2.24) is 4.90 Å². The molecule has 0 aromatic carbocycles. The molecule has 5 atom stereocenters. The number of amides is 1. The summed E-state index contributed by atoms with van der Waals surface area (Å²) in [7, 11) is 0. The number of rotatable bonds is 3. The molecule has 2 fully saturated rings. The van der Waals surface area contributed by atoms with Crippen molar-refractivity contribution in [2.24, 2.45) is 11.8 Å². The fourth-order valence-electron chi connectivity index (χ4n) is 3.59. The van der Waals surface area contributed by atoms with Crippen LogP contribution in [-0.2, 0) is 14.3 Å². The number of ether oxygens (including phenoxy) is 1. The fourth-order valence-corrected chi connectivity index (χ4v) is 3.59. The van der Waals surface area contributed by atoms with Crippen LogP contribution < -0.4 is 0 Å². The van der Waals surface area contributed by atoms with Gasteiger partial charge < -0.3 is 14.7 Å². The second kappa shape index (κ2) is 5.49. The van der Waals surface area contributed by atoms with Crippen molar-refractivity contribution in [3.8, 4) is 0 Å². The molecule has 0 aromatic heterocycles. The molecule has 0 aliphatic carbocycles. The Morgan fingerprint density at radius 1 is 1.47 bits per heavy atom. The second-order valence-electron chi connectivity index (χ2n) is 5.88. The summed E-state index contributed by atoms with van der Waals surface area (Å²) in [6.45, 7) is 6.41. The molecule has 1 amide bonds. The number of carboxylic acids is 1. The number of piperidine rings is 1. The Labute approximate surface area is 113 Å². The van der Waals surface area contributed by atoms with Gasteiger partial charge in [0.15, 0.2) is 0 Å². The van der Waals surface area contributed by atoms with Gasteiger partial charge in [-0.05, 0) is 32.6 Å². The van der Waals surface area contributed by atoms with Gasteiger partial charge in [0.25, 0.3) is 0 Å². The normalized spacial score (nSPS) is 37.4. The van der Waals surface area contributed by atoms with E-state index in [9.17, 15) is 14.7 Å². The van der Waals surface area contributed by atoms with E-state index in [2.05, 4.69) is 0 Å². The molecule has 5 nitrogen and oxygen atoms in total. The minimum Gasteiger partial charge on any atom is -0.481 e. The molecule has 108 valence electrons. The lowest BCUT2D eigenvalue weighted by Crippen LogP contribution is -2.58. The number of aliphatic carboxylic acids is 1. The number of likely N-dealkylation sites (tertiary alicyclic amines) is 1. The van der Waals surface area contributed by atoms with Crippen LogP contribution in [0.2, 0.25) is 0 Å². The lowest BCUT2D eigenvalue weighted by molar-refractivity contribution is -0.159. The molecule has 5 heteroatoms. The van der Waals surface area contributed by atoms with Gasteiger partial charge in [-0.25, -0.2) is 0 Å². The van der Waals surface area contributed by atoms with Gasteiger partial charge in [0.1, 0.15) is 0 Å². The average molecular weight is 269 g/mol. The van der Waals surface area contributed by atoms with Gasteiger partial charge in [-0.2, -0.15) is 0 Å². The fraction of sp³-hybridized carbons (Fsp3) is 0.857. The minimum atomic E-state index is -0.808. The Morgan fingerprint density at radius 3 is 2.68 bits per heavy atom. The Hall–Kier alpha value is -1.10. The van der Waals surface area contributed by atoms with Gasteiger partial charge in [0.2, 0.25) is 5.91 Å². The van der Waals surface area contributed by atoms with Gasteiger partial charge in [-0.15, -0.1) is 0 Å². The highest BCUT2D eigenvalue weighted by Crippen LogP contribution is 2.33. The maximum absolute atomic E-state index is 12.3. The van der Waals surface area contributed by atoms with Crippen LogP contribution in [0.1, 0.15) is 40.0 Å². The third kappa shape index (κ3) is 2.61. The summed E-state index contributed by atoms with van der Waals surface area (Å²) < 4.78 is 5.65. The second-order valence-corrected chi connectivity index (χ2v) is 5.88. The van der Waals surface area contributed by atoms with Crippen LogP contribution in [0.15, 0.2) is 0 Å². The van der Waals surface area contributed by atoms with Gasteiger partial charge in [0.05, 0.1) is 18.1 Å². The van der Waals surface area contributed by atoms with Crippen molar-refractivity contribution in [3.05, 3.63) is 0 Å². The van der Waals surface area contributed by atoms with E-state index in [0.29, 0.717) is 6.42 Å². The van der Waals surface area contributed by atoms with Crippen LogP contribution in [0, 0.1) is 11.8 Å². The van der Waals surface area contributed by atoms with E-state index in [0.717, 1.165) is 19.4 Å². The quantitative estimate of drug-likeness (QED) is 0.843. The first-order chi connectivity index (χ1) is 8.93. The van der Waals surface area contributed by atoms with E-state index in [1.807, 2.05) is 20.8 Å². The van der Waals surface area contributed by atoms with E-state index in [4.69, 9.17) is 4.74 Å². The van der Waals surface area contributed by atoms with Crippen molar-refractivity contribution < 1.29 is 19.4 Å². The van der Waals surface area contributed by atoms with E-state index >= 15 is 0 Å². The van der Waals surface area contributed by atoms with Crippen LogP contribution in [-0.4, -0.2) is 46.7 Å². The average Bonchev–Trinajstić information content (AvgIpc) is 2.80. The molecule has 2 saturated heterocycles. The molecule has 5 unspecified atom stereocenters. The Bertz CT molecular complexity index is 364. The number of carboxylic acid groups (broad SMARTS) is 1. The van der Waals surface area contributed by atoms with Gasteiger partial charge in [-0.1, -0.05) is 6.92 Å². The SMILES string of the molecule is CC1CC(=O)N(C(C)C2CCCO2)C(C)C1C(=O)O. The van der Waals surface area contributed by atoms with E-state index in [1.165, 1.54) is 0 Å². The molecular formula is C14H23NO4. The third-order valence-corrected chi connectivity index (χ3v) is 4.58. The van der Waals surface area contributed by atoms with Crippen molar-refractivity contribution in [2.75, 3.05) is 6.61 Å². The highest BCUT2D eigenvalue weighted by Gasteiger charge is 2.45. The Kier molecular flexibility index (Phi) is 4.13. The first-order valence-electron chi connectivity index (χ1n) is 7.09. The van der Waals surface area contributed by atoms with Crippen molar-refractivity contribution in [1.29, 1.82) is 0 Å². The summed E-state index contributed by atoms with van der Waals surface area (Å²) in [6, 6.07) is -0.313. The van der Waals surface area contributed by atoms with Crippen LogP contribution in [0.5, 0.6) is 0 Å². The molecule has 1 N–H and O–H groups in total. The lowest BCUT2D eigenvalue weighted by atomic mass is 9.80. The van der Waals surface area contributed by atoms with E-state index in [1.54, 1.807) is 4.90 Å². The van der Waals surface area contributed by atoms with Crippen molar-refractivity contribution in [3.63, 3.8) is 0 Å². The van der Waals surface area contributed by atoms with Crippen LogP contribution in [0.4, 0.5) is 0 Å². The van der Waals surface area contributed by atoms with E-state index in [-0.39, 0.29) is 30.0 Å². The summed E-state index contributed by atoms with van der Waals surface area (Å²) in [4.78, 5) is 25.4. The summed E-state index contributed by atoms with van der Waals surface area (Å²) in [5.74, 6) is -1.34. The molecule has 2 heterocycles. The molecule has 2 aliphatic rings. The first kappa shape index (κ1) is 14.3. The molecule has 2 rings (SSSR count). The summed E-state index contributed by atoms with van der Waals surface area (Å²) >= 11 is 0. The molecular weight excluding hydrogens is 246 g/mol. The molecule has 0 radical (unpaired) electrons. The maximum Gasteiger partial charge on any atom is 0.308 e. The van der Waals surface area contributed by atoms with Gasteiger partial charge >= 0.3 is 5.97 Å². The highest BCUT2D eigenvalue weighted by molar-refractivity contribution is 5.82. The van der Waals surface area contributed by atoms with Crippen LogP contribution >= 0.6 is 0 Å². The van der Waals surface area contributed by atoms with E-state index < -0.39 is 11.9 Å². The number of carbonyl (C=O) groups is 2. The molecule has 2 aliphatic heterocycles. The van der Waals surface area contributed by atoms with Crippen molar-refractivity contribution in [2.45, 2.75) is 58.2 Å². The lowest BCUT2D eigenvalue weighted by Gasteiger charge is -2.45. The number of hydrogen-bond acceptors (Lipinski definition) is 3. The number of hydrogen-bond donors (Lipinski definition) is 1. The predicted molar refractivity (Wildman–Crippen MR) is 69.7 cm³/mol. The highest BCUT2D eigenvalue weighted by atomic mass is 16.5. The third-order valence-electron chi connectivity index (χ3n) is 4.58. The van der Waals surface area contributed by atoms with Crippen LogP contribution in [0.3, 0.4) is 0 Å². The first-order valence-corrected chi connectivity index (χ1v) is 7.09. The molecule has 0 aromatic rings. The zero-order chi connectivity index (χ0) is 14.2. The zero-order valence-corrected chi connectivity index (χ0v) is 11.8. The zero-order valence-electron chi connectivity index (χ0n) is 11.8. The molecule has 0 bridgehead atoms. The summed E-state index contributed by atoms with van der Waals surface area (Å²) in [5.41, 5.74) is 0. The van der Waals surface area contributed by atoms with Gasteiger partial charge in [0, 0.05) is 19.1 Å². The predicted octanol–water partition coefficient (Wildman–Crippen LogP) is 1.51. The maximum atomic E-state index is 12.3. The largest absolute Gasteiger partial charge is 0.481 e. The standard InChI is InChI=1S/C14H23NO4/c1-8-7-12(16)15(10(3)13(8)14(17)18)9(2)11-5-4-6-19-11/h8-11,13H,4-7H2,1-3H3,(H,17,18). The molecule has 0 spiro atoms. The Balaban J connectivity index is 2.17. The Morgan fingerprint density at radius 2 is 2.16 bits per heavy atom. The molecule has 19 heavy (non-hydrogen) atoms. The smallest absolute Gasteiger partial charge is 0.308 e. The van der Waals surface area contributed by atoms with Gasteiger partial charge in [-0.3, -0.25) is 9.59 Å². The van der Waals surface area contributed by atoms with Crippen LogP contribution in [0.25, 0.3) is 0 Å². The topological polar surface area (TPSA) is 66.8 Å². The monoisotopic (exact) mass is 269 g/mol.